The van der Waals surface area contributed by atoms with Gasteiger partial charge in [0.15, 0.2) is 0 Å². The molecule has 2 N–H and O–H groups in total. The van der Waals surface area contributed by atoms with Crippen LogP contribution in [0.2, 0.25) is 0 Å². The van der Waals surface area contributed by atoms with Crippen molar-refractivity contribution in [3.05, 3.63) is 30.3 Å². The molecule has 1 unspecified atom stereocenters. The number of likely N-dealkylation sites (tertiary alicyclic amines) is 1. The van der Waals surface area contributed by atoms with Crippen molar-refractivity contribution in [2.24, 2.45) is 0 Å². The summed E-state index contributed by atoms with van der Waals surface area (Å²) in [5.74, 6) is 0.0435. The van der Waals surface area contributed by atoms with Gasteiger partial charge in [0, 0.05) is 38.3 Å². The van der Waals surface area contributed by atoms with Crippen molar-refractivity contribution in [2.45, 2.75) is 45.3 Å². The molecule has 25 heavy (non-hydrogen) atoms. The molecule has 1 aliphatic rings. The summed E-state index contributed by atoms with van der Waals surface area (Å²) in [7, 11) is 0. The van der Waals surface area contributed by atoms with Gasteiger partial charge >= 0.3 is 0 Å². The van der Waals surface area contributed by atoms with E-state index in [1.807, 2.05) is 47.1 Å². The second-order valence-corrected chi connectivity index (χ2v) is 6.63. The minimum Gasteiger partial charge on any atom is -0.391 e. The lowest BCUT2D eigenvalue weighted by Gasteiger charge is -2.32. The molecule has 0 aromatic heterocycles. The fourth-order valence-corrected chi connectivity index (χ4v) is 3.07. The normalized spacial score (nSPS) is 16.4. The van der Waals surface area contributed by atoms with E-state index in [4.69, 9.17) is 0 Å². The Morgan fingerprint density at radius 1 is 1.28 bits per heavy atom. The van der Waals surface area contributed by atoms with Gasteiger partial charge in [0.05, 0.1) is 12.6 Å². The summed E-state index contributed by atoms with van der Waals surface area (Å²) in [5, 5.41) is 13.1. The number of benzene rings is 1. The van der Waals surface area contributed by atoms with Gasteiger partial charge in [-0.3, -0.25) is 9.59 Å². The maximum Gasteiger partial charge on any atom is 0.239 e. The van der Waals surface area contributed by atoms with Crippen molar-refractivity contribution in [1.82, 2.24) is 10.2 Å². The van der Waals surface area contributed by atoms with Gasteiger partial charge in [-0.05, 0) is 31.4 Å². The molecule has 2 rings (SSSR count). The molecule has 0 saturated carbocycles. The molecule has 0 aliphatic carbocycles. The van der Waals surface area contributed by atoms with Gasteiger partial charge in [-0.1, -0.05) is 25.1 Å². The third-order valence-electron chi connectivity index (χ3n) is 4.66. The number of rotatable bonds is 7. The van der Waals surface area contributed by atoms with E-state index in [0.29, 0.717) is 26.1 Å². The maximum atomic E-state index is 12.5. The molecule has 2 amide bonds. The molecule has 1 aromatic carbocycles. The van der Waals surface area contributed by atoms with Gasteiger partial charge in [-0.25, -0.2) is 0 Å². The molecule has 0 spiro atoms. The molecule has 1 aromatic rings. The molecule has 0 radical (unpaired) electrons. The highest BCUT2D eigenvalue weighted by atomic mass is 16.3. The molecule has 1 fully saturated rings. The summed E-state index contributed by atoms with van der Waals surface area (Å²) in [5.41, 5.74) is 0.927. The number of nitrogens with zero attached hydrogens (tertiary/aromatic N) is 2. The fraction of sp³-hybridized carbons (Fsp3) is 0.579. The minimum atomic E-state index is -0.466. The van der Waals surface area contributed by atoms with Gasteiger partial charge in [-0.2, -0.15) is 0 Å². The SMILES string of the molecule is CCC(O)CN(CC(=O)NC1CCN(C(C)=O)CC1)c1ccccc1. The van der Waals surface area contributed by atoms with Gasteiger partial charge in [-0.15, -0.1) is 0 Å². The lowest BCUT2D eigenvalue weighted by molar-refractivity contribution is -0.130. The molecule has 1 saturated heterocycles. The molecular formula is C19H29N3O3. The van der Waals surface area contributed by atoms with Gasteiger partial charge in [0.2, 0.25) is 11.8 Å². The van der Waals surface area contributed by atoms with Crippen molar-refractivity contribution < 1.29 is 14.7 Å². The van der Waals surface area contributed by atoms with Crippen molar-refractivity contribution >= 4 is 17.5 Å². The Morgan fingerprint density at radius 2 is 1.92 bits per heavy atom. The van der Waals surface area contributed by atoms with Gasteiger partial charge in [0.1, 0.15) is 0 Å². The van der Waals surface area contributed by atoms with E-state index >= 15 is 0 Å². The number of carbonyl (C=O) groups is 2. The number of hydrogen-bond acceptors (Lipinski definition) is 4. The number of anilines is 1. The first kappa shape index (κ1) is 19.2. The molecule has 1 aliphatic heterocycles. The molecule has 6 nitrogen and oxygen atoms in total. The zero-order chi connectivity index (χ0) is 18.2. The summed E-state index contributed by atoms with van der Waals surface area (Å²) in [6, 6.07) is 9.78. The van der Waals surface area contributed by atoms with Crippen molar-refractivity contribution in [3.63, 3.8) is 0 Å². The smallest absolute Gasteiger partial charge is 0.239 e. The van der Waals surface area contributed by atoms with Crippen molar-refractivity contribution in [1.29, 1.82) is 0 Å². The molecule has 0 bridgehead atoms. The van der Waals surface area contributed by atoms with Crippen LogP contribution in [0.25, 0.3) is 0 Å². The van der Waals surface area contributed by atoms with Crippen molar-refractivity contribution in [2.75, 3.05) is 31.1 Å². The van der Waals surface area contributed by atoms with E-state index < -0.39 is 6.10 Å². The Balaban J connectivity index is 1.90. The molecule has 6 heteroatoms. The molecule has 138 valence electrons. The van der Waals surface area contributed by atoms with Crippen LogP contribution in [-0.2, 0) is 9.59 Å². The molecular weight excluding hydrogens is 318 g/mol. The summed E-state index contributed by atoms with van der Waals surface area (Å²) < 4.78 is 0. The third-order valence-corrected chi connectivity index (χ3v) is 4.66. The Labute approximate surface area is 149 Å². The van der Waals surface area contributed by atoms with Crippen LogP contribution in [0.1, 0.15) is 33.1 Å². The number of amides is 2. The quantitative estimate of drug-likeness (QED) is 0.782. The predicted octanol–water partition coefficient (Wildman–Crippen LogP) is 1.39. The van der Waals surface area contributed by atoms with Crippen LogP contribution in [0.15, 0.2) is 30.3 Å². The van der Waals surface area contributed by atoms with Crippen LogP contribution in [0.4, 0.5) is 5.69 Å². The third kappa shape index (κ3) is 6.05. The van der Waals surface area contributed by atoms with E-state index in [0.717, 1.165) is 18.5 Å². The van der Waals surface area contributed by atoms with Gasteiger partial charge in [0.25, 0.3) is 0 Å². The standard InChI is InChI=1S/C19H29N3O3/c1-3-18(24)13-22(17-7-5-4-6-8-17)14-19(25)20-16-9-11-21(12-10-16)15(2)23/h4-8,16,18,24H,3,9-14H2,1-2H3,(H,20,25). The Morgan fingerprint density at radius 3 is 2.48 bits per heavy atom. The number of carbonyl (C=O) groups excluding carboxylic acids is 2. The predicted molar refractivity (Wildman–Crippen MR) is 98.4 cm³/mol. The van der Waals surface area contributed by atoms with Crippen LogP contribution >= 0.6 is 0 Å². The highest BCUT2D eigenvalue weighted by Gasteiger charge is 2.23. The van der Waals surface area contributed by atoms with Crippen LogP contribution < -0.4 is 10.2 Å². The monoisotopic (exact) mass is 347 g/mol. The highest BCUT2D eigenvalue weighted by molar-refractivity contribution is 5.81. The first-order chi connectivity index (χ1) is 12.0. The Bertz CT molecular complexity index is 556. The summed E-state index contributed by atoms with van der Waals surface area (Å²) >= 11 is 0. The van der Waals surface area contributed by atoms with Gasteiger partial charge < -0.3 is 20.2 Å². The number of piperidine rings is 1. The Kier molecular flexibility index (Phi) is 7.25. The van der Waals surface area contributed by atoms with Crippen LogP contribution in [-0.4, -0.2) is 60.1 Å². The summed E-state index contributed by atoms with van der Waals surface area (Å²) in [4.78, 5) is 27.6. The largest absolute Gasteiger partial charge is 0.391 e. The van der Waals surface area contributed by atoms with E-state index in [9.17, 15) is 14.7 Å². The number of aliphatic hydroxyl groups is 1. The molecule has 1 atom stereocenters. The average molecular weight is 347 g/mol. The zero-order valence-corrected chi connectivity index (χ0v) is 15.1. The van der Waals surface area contributed by atoms with E-state index in [2.05, 4.69) is 5.32 Å². The van der Waals surface area contributed by atoms with E-state index in [1.54, 1.807) is 6.92 Å². The summed E-state index contributed by atoms with van der Waals surface area (Å²) in [6.45, 7) is 5.53. The number of para-hydroxylation sites is 1. The number of aliphatic hydroxyl groups excluding tert-OH is 1. The lowest BCUT2D eigenvalue weighted by Crippen LogP contribution is -2.49. The van der Waals surface area contributed by atoms with Crippen LogP contribution in [0.5, 0.6) is 0 Å². The van der Waals surface area contributed by atoms with E-state index in [-0.39, 0.29) is 24.4 Å². The van der Waals surface area contributed by atoms with Crippen LogP contribution in [0.3, 0.4) is 0 Å². The fourth-order valence-electron chi connectivity index (χ4n) is 3.07. The zero-order valence-electron chi connectivity index (χ0n) is 15.1. The van der Waals surface area contributed by atoms with Crippen LogP contribution in [0, 0.1) is 0 Å². The number of hydrogen-bond donors (Lipinski definition) is 2. The molecule has 1 heterocycles. The van der Waals surface area contributed by atoms with E-state index in [1.165, 1.54) is 0 Å². The first-order valence-electron chi connectivity index (χ1n) is 9.02. The topological polar surface area (TPSA) is 72.9 Å². The highest BCUT2D eigenvalue weighted by Crippen LogP contribution is 2.15. The summed E-state index contributed by atoms with van der Waals surface area (Å²) in [6.07, 6.45) is 1.75. The first-order valence-corrected chi connectivity index (χ1v) is 9.02. The second-order valence-electron chi connectivity index (χ2n) is 6.63. The maximum absolute atomic E-state index is 12.5. The van der Waals surface area contributed by atoms with Crippen molar-refractivity contribution in [3.8, 4) is 0 Å². The Hall–Kier alpha value is -2.08. The lowest BCUT2D eigenvalue weighted by atomic mass is 10.0. The number of nitrogens with one attached hydrogen (secondary N) is 1. The second kappa shape index (κ2) is 9.42. The average Bonchev–Trinajstić information content (AvgIpc) is 2.62. The minimum absolute atomic E-state index is 0.0477.